The highest BCUT2D eigenvalue weighted by molar-refractivity contribution is 5.75. The number of nitrogens with one attached hydrogen (secondary N) is 1. The van der Waals surface area contributed by atoms with Crippen LogP contribution in [0.4, 0.5) is 0 Å². The SMILES string of the molecule is N#Cc1ccccc1Oc1cccc(CN2CCC(n3c(=O)[nH]c4ccccc43)CC2)c1. The van der Waals surface area contributed by atoms with Gasteiger partial charge in [-0.3, -0.25) is 9.47 Å². The van der Waals surface area contributed by atoms with Crippen molar-refractivity contribution in [1.29, 1.82) is 5.26 Å². The summed E-state index contributed by atoms with van der Waals surface area (Å²) < 4.78 is 7.89. The Morgan fingerprint density at radius 1 is 1.00 bits per heavy atom. The molecular formula is C26H24N4O2. The molecule has 0 radical (unpaired) electrons. The number of nitrogens with zero attached hydrogens (tertiary/aromatic N) is 3. The number of H-pyrrole nitrogens is 1. The Labute approximate surface area is 186 Å². The molecule has 4 aromatic rings. The van der Waals surface area contributed by atoms with Gasteiger partial charge in [-0.05, 0) is 54.8 Å². The maximum atomic E-state index is 12.5. The van der Waals surface area contributed by atoms with Crippen LogP contribution in [0.5, 0.6) is 11.5 Å². The number of rotatable bonds is 5. The van der Waals surface area contributed by atoms with E-state index in [1.165, 1.54) is 5.56 Å². The number of para-hydroxylation sites is 3. The number of piperidine rings is 1. The molecule has 6 nitrogen and oxygen atoms in total. The number of aromatic amines is 1. The predicted octanol–water partition coefficient (Wildman–Crippen LogP) is 4.83. The van der Waals surface area contributed by atoms with Crippen molar-refractivity contribution in [3.05, 3.63) is 94.4 Å². The Morgan fingerprint density at radius 3 is 2.62 bits per heavy atom. The highest BCUT2D eigenvalue weighted by Crippen LogP contribution is 2.28. The Kier molecular flexibility index (Phi) is 5.49. The van der Waals surface area contributed by atoms with Crippen LogP contribution in [0.15, 0.2) is 77.6 Å². The van der Waals surface area contributed by atoms with Crippen LogP contribution in [0.1, 0.15) is 30.0 Å². The van der Waals surface area contributed by atoms with Gasteiger partial charge in [0, 0.05) is 25.7 Å². The third-order valence-electron chi connectivity index (χ3n) is 6.09. The summed E-state index contributed by atoms with van der Waals surface area (Å²) in [6.07, 6.45) is 1.88. The first kappa shape index (κ1) is 20.1. The van der Waals surface area contributed by atoms with Crippen molar-refractivity contribution in [2.75, 3.05) is 13.1 Å². The minimum absolute atomic E-state index is 0.0212. The summed E-state index contributed by atoms with van der Waals surface area (Å²) >= 11 is 0. The van der Waals surface area contributed by atoms with E-state index >= 15 is 0 Å². The van der Waals surface area contributed by atoms with Crippen LogP contribution in [0.3, 0.4) is 0 Å². The fraction of sp³-hybridized carbons (Fsp3) is 0.231. The second-order valence-corrected chi connectivity index (χ2v) is 8.18. The van der Waals surface area contributed by atoms with E-state index in [0.29, 0.717) is 11.3 Å². The first-order chi connectivity index (χ1) is 15.7. The molecule has 0 aliphatic carbocycles. The van der Waals surface area contributed by atoms with E-state index in [2.05, 4.69) is 22.0 Å². The zero-order valence-corrected chi connectivity index (χ0v) is 17.7. The molecule has 1 fully saturated rings. The third-order valence-corrected chi connectivity index (χ3v) is 6.09. The van der Waals surface area contributed by atoms with Gasteiger partial charge < -0.3 is 9.72 Å². The van der Waals surface area contributed by atoms with E-state index < -0.39 is 0 Å². The summed E-state index contributed by atoms with van der Waals surface area (Å²) in [5.74, 6) is 1.29. The van der Waals surface area contributed by atoms with Crippen molar-refractivity contribution >= 4 is 11.0 Å². The quantitative estimate of drug-likeness (QED) is 0.498. The average Bonchev–Trinajstić information content (AvgIpc) is 3.16. The highest BCUT2D eigenvalue weighted by atomic mass is 16.5. The van der Waals surface area contributed by atoms with Gasteiger partial charge >= 0.3 is 5.69 Å². The Hall–Kier alpha value is -3.82. The summed E-state index contributed by atoms with van der Waals surface area (Å²) in [5.41, 5.74) is 3.55. The number of hydrogen-bond donors (Lipinski definition) is 1. The largest absolute Gasteiger partial charge is 0.456 e. The van der Waals surface area contributed by atoms with Gasteiger partial charge in [0.2, 0.25) is 0 Å². The van der Waals surface area contributed by atoms with Gasteiger partial charge in [-0.2, -0.15) is 5.26 Å². The van der Waals surface area contributed by atoms with Crippen molar-refractivity contribution < 1.29 is 4.74 Å². The van der Waals surface area contributed by atoms with Crippen LogP contribution >= 0.6 is 0 Å². The molecule has 1 saturated heterocycles. The summed E-state index contributed by atoms with van der Waals surface area (Å²) in [6, 6.07) is 25.5. The molecule has 32 heavy (non-hydrogen) atoms. The predicted molar refractivity (Wildman–Crippen MR) is 124 cm³/mol. The topological polar surface area (TPSA) is 74.0 Å². The van der Waals surface area contributed by atoms with E-state index in [1.54, 1.807) is 6.07 Å². The fourth-order valence-corrected chi connectivity index (χ4v) is 4.51. The number of aromatic nitrogens is 2. The van der Waals surface area contributed by atoms with Crippen LogP contribution in [0.2, 0.25) is 0 Å². The molecule has 1 N–H and O–H groups in total. The first-order valence-electron chi connectivity index (χ1n) is 10.9. The van der Waals surface area contributed by atoms with Crippen LogP contribution in [0.25, 0.3) is 11.0 Å². The minimum atomic E-state index is -0.0212. The summed E-state index contributed by atoms with van der Waals surface area (Å²) in [5, 5.41) is 9.27. The van der Waals surface area contributed by atoms with Crippen molar-refractivity contribution in [2.45, 2.75) is 25.4 Å². The molecular weight excluding hydrogens is 400 g/mol. The Bertz CT molecular complexity index is 1340. The second kappa shape index (κ2) is 8.74. The molecule has 160 valence electrons. The van der Waals surface area contributed by atoms with Crippen molar-refractivity contribution in [1.82, 2.24) is 14.5 Å². The number of ether oxygens (including phenoxy) is 1. The number of hydrogen-bond acceptors (Lipinski definition) is 4. The zero-order chi connectivity index (χ0) is 21.9. The van der Waals surface area contributed by atoms with Gasteiger partial charge in [0.1, 0.15) is 17.6 Å². The molecule has 3 aromatic carbocycles. The first-order valence-corrected chi connectivity index (χ1v) is 10.9. The third kappa shape index (κ3) is 4.03. The lowest BCUT2D eigenvalue weighted by atomic mass is 10.0. The molecule has 0 atom stereocenters. The number of nitriles is 1. The van der Waals surface area contributed by atoms with E-state index in [-0.39, 0.29) is 11.7 Å². The molecule has 5 rings (SSSR count). The molecule has 1 aliphatic rings. The lowest BCUT2D eigenvalue weighted by molar-refractivity contribution is 0.180. The smallest absolute Gasteiger partial charge is 0.326 e. The van der Waals surface area contributed by atoms with Crippen LogP contribution < -0.4 is 10.4 Å². The van der Waals surface area contributed by atoms with Crippen molar-refractivity contribution in [3.63, 3.8) is 0 Å². The zero-order valence-electron chi connectivity index (χ0n) is 17.7. The summed E-state index contributed by atoms with van der Waals surface area (Å²) in [6.45, 7) is 2.69. The lowest BCUT2D eigenvalue weighted by Gasteiger charge is -2.32. The molecule has 0 spiro atoms. The molecule has 1 aromatic heterocycles. The van der Waals surface area contributed by atoms with Crippen molar-refractivity contribution in [3.8, 4) is 17.6 Å². The molecule has 0 bridgehead atoms. The van der Waals surface area contributed by atoms with Gasteiger partial charge in [0.05, 0.1) is 16.6 Å². The number of imidazole rings is 1. The summed E-state index contributed by atoms with van der Waals surface area (Å²) in [7, 11) is 0. The molecule has 2 heterocycles. The Morgan fingerprint density at radius 2 is 1.78 bits per heavy atom. The van der Waals surface area contributed by atoms with E-state index in [1.807, 2.05) is 65.2 Å². The molecule has 0 amide bonds. The van der Waals surface area contributed by atoms with Gasteiger partial charge in [0.25, 0.3) is 0 Å². The Balaban J connectivity index is 1.25. The van der Waals surface area contributed by atoms with Gasteiger partial charge in [0.15, 0.2) is 0 Å². The molecule has 6 heteroatoms. The highest BCUT2D eigenvalue weighted by Gasteiger charge is 2.23. The van der Waals surface area contributed by atoms with Crippen LogP contribution in [0, 0.1) is 11.3 Å². The maximum absolute atomic E-state index is 12.5. The fourth-order valence-electron chi connectivity index (χ4n) is 4.51. The number of benzene rings is 3. The minimum Gasteiger partial charge on any atom is -0.456 e. The maximum Gasteiger partial charge on any atom is 0.326 e. The van der Waals surface area contributed by atoms with Crippen LogP contribution in [-0.2, 0) is 6.54 Å². The van der Waals surface area contributed by atoms with Gasteiger partial charge in [-0.15, -0.1) is 0 Å². The number of likely N-dealkylation sites (tertiary alicyclic amines) is 1. The second-order valence-electron chi connectivity index (χ2n) is 8.18. The van der Waals surface area contributed by atoms with Gasteiger partial charge in [-0.1, -0.05) is 36.4 Å². The normalized spacial score (nSPS) is 15.0. The average molecular weight is 425 g/mol. The van der Waals surface area contributed by atoms with Gasteiger partial charge in [-0.25, -0.2) is 4.79 Å². The molecule has 0 unspecified atom stereocenters. The molecule has 1 aliphatic heterocycles. The van der Waals surface area contributed by atoms with E-state index in [0.717, 1.165) is 49.3 Å². The summed E-state index contributed by atoms with van der Waals surface area (Å²) in [4.78, 5) is 17.9. The van der Waals surface area contributed by atoms with E-state index in [9.17, 15) is 10.1 Å². The van der Waals surface area contributed by atoms with Crippen molar-refractivity contribution in [2.24, 2.45) is 0 Å². The monoisotopic (exact) mass is 424 g/mol. The standard InChI is InChI=1S/C26H24N4O2/c27-17-20-7-1-4-11-25(20)32-22-8-5-6-19(16-22)18-29-14-12-21(13-15-29)30-24-10-3-2-9-23(24)28-26(30)31/h1-11,16,21H,12-15,18H2,(H,28,31). The lowest BCUT2D eigenvalue weighted by Crippen LogP contribution is -2.36. The van der Waals surface area contributed by atoms with E-state index in [4.69, 9.17) is 4.74 Å². The van der Waals surface area contributed by atoms with Crippen LogP contribution in [-0.4, -0.2) is 27.5 Å². The number of fused-ring (bicyclic) bond motifs is 1. The molecule has 0 saturated carbocycles.